The van der Waals surface area contributed by atoms with E-state index in [0.717, 1.165) is 30.7 Å². The molecule has 0 N–H and O–H groups in total. The van der Waals surface area contributed by atoms with Gasteiger partial charge in [0, 0.05) is 5.56 Å². The molecule has 0 aliphatic heterocycles. The summed E-state index contributed by atoms with van der Waals surface area (Å²) in [4.78, 5) is 0. The minimum Gasteiger partial charge on any atom is -0.207 e. The van der Waals surface area contributed by atoms with Crippen molar-refractivity contribution in [2.75, 3.05) is 0 Å². The van der Waals surface area contributed by atoms with Crippen LogP contribution in [0.25, 0.3) is 0 Å². The summed E-state index contributed by atoms with van der Waals surface area (Å²) < 4.78 is 27.3. The molecule has 3 atom stereocenters. The Morgan fingerprint density at radius 1 is 1.12 bits per heavy atom. The lowest BCUT2D eigenvalue weighted by atomic mass is 9.94. The van der Waals surface area contributed by atoms with Gasteiger partial charge in [0.1, 0.15) is 11.6 Å². The van der Waals surface area contributed by atoms with E-state index in [1.807, 2.05) is 0 Å². The lowest BCUT2D eigenvalue weighted by molar-refractivity contribution is 0.456. The molecule has 17 heavy (non-hydrogen) atoms. The number of rotatable bonds is 2. The molecule has 1 aromatic rings. The Balaban J connectivity index is 1.85. The highest BCUT2D eigenvalue weighted by atomic mass is 79.9. The van der Waals surface area contributed by atoms with Crippen molar-refractivity contribution in [1.29, 1.82) is 0 Å². The van der Waals surface area contributed by atoms with Crippen LogP contribution in [0, 0.1) is 29.4 Å². The lowest BCUT2D eigenvalue weighted by Crippen LogP contribution is -2.08. The number of alkyl halides is 1. The zero-order valence-corrected chi connectivity index (χ0v) is 11.4. The smallest absolute Gasteiger partial charge is 0.137 e. The van der Waals surface area contributed by atoms with Crippen LogP contribution < -0.4 is 0 Å². The van der Waals surface area contributed by atoms with Crippen LogP contribution >= 0.6 is 27.5 Å². The third kappa shape index (κ3) is 2.12. The summed E-state index contributed by atoms with van der Waals surface area (Å²) in [5.41, 5.74) is 0.304. The number of fused-ring (bicyclic) bond motifs is 1. The normalized spacial score (nSPS) is 32.4. The van der Waals surface area contributed by atoms with Crippen molar-refractivity contribution >= 4 is 27.5 Å². The van der Waals surface area contributed by atoms with Crippen molar-refractivity contribution < 1.29 is 8.78 Å². The fraction of sp³-hybridized carbons (Fsp3) is 0.538. The molecule has 2 saturated carbocycles. The zero-order chi connectivity index (χ0) is 12.2. The van der Waals surface area contributed by atoms with E-state index < -0.39 is 17.0 Å². The fourth-order valence-electron chi connectivity index (χ4n) is 3.00. The molecular weight excluding hydrogens is 309 g/mol. The second-order valence-electron chi connectivity index (χ2n) is 5.18. The van der Waals surface area contributed by atoms with Crippen molar-refractivity contribution in [2.24, 2.45) is 17.8 Å². The second kappa shape index (κ2) is 4.20. The quantitative estimate of drug-likeness (QED) is 0.528. The first-order chi connectivity index (χ1) is 8.06. The van der Waals surface area contributed by atoms with Gasteiger partial charge in [-0.05, 0) is 65.1 Å². The van der Waals surface area contributed by atoms with Crippen LogP contribution in [0.5, 0.6) is 0 Å². The zero-order valence-electron chi connectivity index (χ0n) is 9.10. The molecule has 0 amide bonds. The predicted octanol–water partition coefficient (Wildman–Crippen LogP) is 5.05. The summed E-state index contributed by atoms with van der Waals surface area (Å²) in [5.74, 6) is 1.03. The Labute approximate surface area is 112 Å². The molecule has 0 radical (unpaired) electrons. The van der Waals surface area contributed by atoms with Gasteiger partial charge in [0.15, 0.2) is 0 Å². The first-order valence-electron chi connectivity index (χ1n) is 5.84. The highest BCUT2D eigenvalue weighted by molar-refractivity contribution is 9.10. The van der Waals surface area contributed by atoms with Crippen LogP contribution in [-0.4, -0.2) is 0 Å². The van der Waals surface area contributed by atoms with E-state index in [9.17, 15) is 8.78 Å². The Hall–Kier alpha value is -0.150. The van der Waals surface area contributed by atoms with E-state index in [1.165, 1.54) is 12.5 Å². The summed E-state index contributed by atoms with van der Waals surface area (Å²) in [5, 5.41) is -0.398. The minimum atomic E-state index is -0.449. The van der Waals surface area contributed by atoms with Crippen molar-refractivity contribution in [1.82, 2.24) is 0 Å². The highest BCUT2D eigenvalue weighted by Crippen LogP contribution is 2.58. The molecule has 1 aromatic carbocycles. The lowest BCUT2D eigenvalue weighted by Gasteiger charge is -2.19. The number of halogens is 4. The molecule has 2 fully saturated rings. The van der Waals surface area contributed by atoms with Crippen LogP contribution in [0.1, 0.15) is 30.2 Å². The molecule has 0 saturated heterocycles. The Morgan fingerprint density at radius 2 is 1.76 bits per heavy atom. The first kappa shape index (κ1) is 11.9. The van der Waals surface area contributed by atoms with Crippen LogP contribution in [0.4, 0.5) is 8.78 Å². The van der Waals surface area contributed by atoms with Gasteiger partial charge < -0.3 is 0 Å². The van der Waals surface area contributed by atoms with Crippen LogP contribution in [0.15, 0.2) is 16.6 Å². The van der Waals surface area contributed by atoms with Gasteiger partial charge in [0.05, 0.1) is 9.85 Å². The van der Waals surface area contributed by atoms with Crippen molar-refractivity contribution in [3.63, 3.8) is 0 Å². The monoisotopic (exact) mass is 320 g/mol. The van der Waals surface area contributed by atoms with E-state index >= 15 is 0 Å². The van der Waals surface area contributed by atoms with Crippen molar-refractivity contribution in [3.05, 3.63) is 33.8 Å². The summed E-state index contributed by atoms with van der Waals surface area (Å²) in [6.07, 6.45) is 3.43. The minimum absolute atomic E-state index is 0.150. The maximum Gasteiger partial charge on any atom is 0.137 e. The summed E-state index contributed by atoms with van der Waals surface area (Å²) >= 11 is 9.28. The van der Waals surface area contributed by atoms with Gasteiger partial charge in [-0.15, -0.1) is 11.6 Å². The molecule has 0 bridgehead atoms. The van der Waals surface area contributed by atoms with Gasteiger partial charge in [-0.3, -0.25) is 0 Å². The van der Waals surface area contributed by atoms with Crippen molar-refractivity contribution in [2.45, 2.75) is 24.6 Å². The maximum absolute atomic E-state index is 13.8. The molecule has 3 rings (SSSR count). The molecular formula is C13H12BrClF2. The third-order valence-corrected chi connectivity index (χ3v) is 5.23. The Bertz CT molecular complexity index is 453. The van der Waals surface area contributed by atoms with E-state index in [2.05, 4.69) is 15.9 Å². The molecule has 2 aliphatic rings. The summed E-state index contributed by atoms with van der Waals surface area (Å²) in [7, 11) is 0. The van der Waals surface area contributed by atoms with E-state index in [1.54, 1.807) is 0 Å². The number of hydrogen-bond acceptors (Lipinski definition) is 0. The third-order valence-electron chi connectivity index (χ3n) is 4.03. The number of hydrogen-bond donors (Lipinski definition) is 0. The van der Waals surface area contributed by atoms with Gasteiger partial charge in [-0.25, -0.2) is 8.78 Å². The van der Waals surface area contributed by atoms with Gasteiger partial charge in [0.25, 0.3) is 0 Å². The standard InChI is InChI=1S/C13H12BrClF2/c14-10-5-11(16)9(4-12(10)17)13(15)8-2-6-1-7(6)3-8/h4-8,13H,1-3H2. The van der Waals surface area contributed by atoms with Gasteiger partial charge >= 0.3 is 0 Å². The van der Waals surface area contributed by atoms with E-state index in [4.69, 9.17) is 11.6 Å². The Kier molecular flexibility index (Phi) is 2.94. The first-order valence-corrected chi connectivity index (χ1v) is 7.07. The second-order valence-corrected chi connectivity index (χ2v) is 6.50. The van der Waals surface area contributed by atoms with E-state index in [0.29, 0.717) is 11.5 Å². The van der Waals surface area contributed by atoms with Crippen LogP contribution in [-0.2, 0) is 0 Å². The average Bonchev–Trinajstić information content (AvgIpc) is 2.90. The van der Waals surface area contributed by atoms with Crippen LogP contribution in [0.3, 0.4) is 0 Å². The molecule has 0 heterocycles. The maximum atomic E-state index is 13.8. The van der Waals surface area contributed by atoms with Gasteiger partial charge in [0.2, 0.25) is 0 Å². The molecule has 0 aromatic heterocycles. The summed E-state index contributed by atoms with van der Waals surface area (Å²) in [6, 6.07) is 2.39. The SMILES string of the molecule is Fc1cc(C(Cl)C2CC3CC3C2)c(F)cc1Br. The molecule has 2 aliphatic carbocycles. The Morgan fingerprint density at radius 3 is 2.41 bits per heavy atom. The molecule has 4 heteroatoms. The fourth-order valence-corrected chi connectivity index (χ4v) is 3.69. The largest absolute Gasteiger partial charge is 0.207 e. The highest BCUT2D eigenvalue weighted by Gasteiger charge is 2.48. The van der Waals surface area contributed by atoms with Crippen LogP contribution in [0.2, 0.25) is 0 Å². The summed E-state index contributed by atoms with van der Waals surface area (Å²) in [6.45, 7) is 0. The van der Waals surface area contributed by atoms with Crippen molar-refractivity contribution in [3.8, 4) is 0 Å². The molecule has 92 valence electrons. The van der Waals surface area contributed by atoms with E-state index in [-0.39, 0.29) is 4.47 Å². The molecule has 0 nitrogen and oxygen atoms in total. The average molecular weight is 322 g/mol. The van der Waals surface area contributed by atoms with Gasteiger partial charge in [-0.1, -0.05) is 0 Å². The predicted molar refractivity (Wildman–Crippen MR) is 67.0 cm³/mol. The molecule has 3 unspecified atom stereocenters. The topological polar surface area (TPSA) is 0 Å². The molecule has 0 spiro atoms. The number of benzene rings is 1. The van der Waals surface area contributed by atoms with Gasteiger partial charge in [-0.2, -0.15) is 0 Å².